The number of carbonyl (C=O) groups excluding carboxylic acids is 1. The quantitative estimate of drug-likeness (QED) is 0.786. The molecule has 0 spiro atoms. The molecule has 5 heteroatoms. The Bertz CT molecular complexity index is 440. The van der Waals surface area contributed by atoms with Crippen LogP contribution in [0, 0.1) is 23.0 Å². The van der Waals surface area contributed by atoms with Crippen LogP contribution >= 0.6 is 0 Å². The van der Waals surface area contributed by atoms with Gasteiger partial charge in [-0.3, -0.25) is 4.79 Å². The van der Waals surface area contributed by atoms with Gasteiger partial charge in [-0.1, -0.05) is 6.07 Å². The fraction of sp³-hybridized carbons (Fsp3) is 0.273. The Kier molecular flexibility index (Phi) is 3.95. The van der Waals surface area contributed by atoms with Gasteiger partial charge in [0.05, 0.1) is 6.07 Å². The number of rotatable bonds is 3. The van der Waals surface area contributed by atoms with Crippen molar-refractivity contribution in [2.75, 3.05) is 7.05 Å². The van der Waals surface area contributed by atoms with Gasteiger partial charge >= 0.3 is 0 Å². The van der Waals surface area contributed by atoms with Gasteiger partial charge in [-0.05, 0) is 17.7 Å². The van der Waals surface area contributed by atoms with Gasteiger partial charge in [0.25, 0.3) is 0 Å². The summed E-state index contributed by atoms with van der Waals surface area (Å²) in [6.45, 7) is 0.151. The van der Waals surface area contributed by atoms with Crippen molar-refractivity contribution in [1.29, 1.82) is 5.26 Å². The number of nitriles is 1. The second-order valence-electron chi connectivity index (χ2n) is 3.33. The predicted molar refractivity (Wildman–Crippen MR) is 53.1 cm³/mol. The summed E-state index contributed by atoms with van der Waals surface area (Å²) in [5, 5.41) is 8.33. The Morgan fingerprint density at radius 3 is 2.69 bits per heavy atom. The molecule has 0 aliphatic heterocycles. The van der Waals surface area contributed by atoms with Crippen LogP contribution in [0.3, 0.4) is 0 Å². The molecule has 84 valence electrons. The minimum Gasteiger partial charge on any atom is -0.341 e. The van der Waals surface area contributed by atoms with Crippen molar-refractivity contribution >= 4 is 5.91 Å². The summed E-state index contributed by atoms with van der Waals surface area (Å²) < 4.78 is 25.5. The zero-order valence-corrected chi connectivity index (χ0v) is 8.70. The standard InChI is InChI=1S/C11H10F2N2O/c1-15(11(16)4-5-14)7-8-2-3-9(12)10(13)6-8/h2-3,6H,4,7H2,1H3. The first-order valence-corrected chi connectivity index (χ1v) is 4.59. The summed E-state index contributed by atoms with van der Waals surface area (Å²) >= 11 is 0. The number of hydrogen-bond donors (Lipinski definition) is 0. The van der Waals surface area contributed by atoms with Crippen molar-refractivity contribution in [2.24, 2.45) is 0 Å². The fourth-order valence-electron chi connectivity index (χ4n) is 1.20. The van der Waals surface area contributed by atoms with Crippen molar-refractivity contribution in [3.05, 3.63) is 35.4 Å². The molecule has 0 radical (unpaired) electrons. The maximum atomic E-state index is 12.8. The van der Waals surface area contributed by atoms with Crippen LogP contribution in [0.1, 0.15) is 12.0 Å². The third-order valence-electron chi connectivity index (χ3n) is 2.06. The van der Waals surface area contributed by atoms with Gasteiger partial charge in [-0.2, -0.15) is 5.26 Å². The zero-order chi connectivity index (χ0) is 12.1. The molecule has 0 aliphatic rings. The summed E-state index contributed by atoms with van der Waals surface area (Å²) in [6, 6.07) is 5.17. The van der Waals surface area contributed by atoms with Crippen LogP contribution in [0.4, 0.5) is 8.78 Å². The van der Waals surface area contributed by atoms with Gasteiger partial charge < -0.3 is 4.90 Å². The zero-order valence-electron chi connectivity index (χ0n) is 8.70. The van der Waals surface area contributed by atoms with Gasteiger partial charge in [0.2, 0.25) is 5.91 Å². The van der Waals surface area contributed by atoms with Crippen LogP contribution in [0.2, 0.25) is 0 Å². The molecule has 1 aromatic rings. The van der Waals surface area contributed by atoms with Crippen molar-refractivity contribution in [3.63, 3.8) is 0 Å². The SMILES string of the molecule is CN(Cc1ccc(F)c(F)c1)C(=O)CC#N. The summed E-state index contributed by atoms with van der Waals surface area (Å²) in [5.41, 5.74) is 0.479. The van der Waals surface area contributed by atoms with E-state index in [0.717, 1.165) is 12.1 Å². The molecule has 1 rings (SSSR count). The summed E-state index contributed by atoms with van der Waals surface area (Å²) in [5.74, 6) is -2.22. The second-order valence-corrected chi connectivity index (χ2v) is 3.33. The third-order valence-corrected chi connectivity index (χ3v) is 2.06. The molecule has 0 saturated heterocycles. The third kappa shape index (κ3) is 3.02. The largest absolute Gasteiger partial charge is 0.341 e. The normalized spacial score (nSPS) is 9.62. The average molecular weight is 224 g/mol. The van der Waals surface area contributed by atoms with Crippen LogP contribution in [-0.4, -0.2) is 17.9 Å². The highest BCUT2D eigenvalue weighted by Crippen LogP contribution is 2.10. The molecular formula is C11H10F2N2O. The Morgan fingerprint density at radius 1 is 1.44 bits per heavy atom. The maximum absolute atomic E-state index is 12.8. The van der Waals surface area contributed by atoms with Crippen molar-refractivity contribution < 1.29 is 13.6 Å². The Balaban J connectivity index is 2.70. The first-order valence-electron chi connectivity index (χ1n) is 4.59. The molecule has 0 saturated carbocycles. The number of carbonyl (C=O) groups is 1. The highest BCUT2D eigenvalue weighted by molar-refractivity contribution is 5.77. The van der Waals surface area contributed by atoms with E-state index >= 15 is 0 Å². The van der Waals surface area contributed by atoms with Crippen LogP contribution in [-0.2, 0) is 11.3 Å². The summed E-state index contributed by atoms with van der Waals surface area (Å²) in [7, 11) is 1.50. The molecule has 16 heavy (non-hydrogen) atoms. The van der Waals surface area contributed by atoms with Gasteiger partial charge in [0.15, 0.2) is 11.6 Å². The maximum Gasteiger partial charge on any atom is 0.236 e. The van der Waals surface area contributed by atoms with Gasteiger partial charge in [0.1, 0.15) is 6.42 Å². The van der Waals surface area contributed by atoms with Crippen LogP contribution in [0.5, 0.6) is 0 Å². The lowest BCUT2D eigenvalue weighted by molar-refractivity contribution is -0.129. The number of amides is 1. The van der Waals surface area contributed by atoms with E-state index in [1.165, 1.54) is 18.0 Å². The summed E-state index contributed by atoms with van der Waals surface area (Å²) in [6.07, 6.45) is -0.222. The lowest BCUT2D eigenvalue weighted by atomic mass is 10.2. The van der Waals surface area contributed by atoms with Gasteiger partial charge in [0, 0.05) is 13.6 Å². The van der Waals surface area contributed by atoms with E-state index in [1.54, 1.807) is 6.07 Å². The molecule has 0 heterocycles. The van der Waals surface area contributed by atoms with E-state index in [9.17, 15) is 13.6 Å². The Labute approximate surface area is 91.9 Å². The van der Waals surface area contributed by atoms with E-state index in [2.05, 4.69) is 0 Å². The lowest BCUT2D eigenvalue weighted by Gasteiger charge is -2.15. The number of hydrogen-bond acceptors (Lipinski definition) is 2. The Hall–Kier alpha value is -1.96. The highest BCUT2D eigenvalue weighted by atomic mass is 19.2. The van der Waals surface area contributed by atoms with Crippen LogP contribution in [0.15, 0.2) is 18.2 Å². The first kappa shape index (κ1) is 12.1. The smallest absolute Gasteiger partial charge is 0.236 e. The van der Waals surface area contributed by atoms with Crippen LogP contribution in [0.25, 0.3) is 0 Å². The molecule has 0 bridgehead atoms. The monoisotopic (exact) mass is 224 g/mol. The first-order chi connectivity index (χ1) is 7.54. The summed E-state index contributed by atoms with van der Waals surface area (Å²) in [4.78, 5) is 12.5. The van der Waals surface area contributed by atoms with Gasteiger partial charge in [-0.15, -0.1) is 0 Å². The molecule has 0 atom stereocenters. The van der Waals surface area contributed by atoms with E-state index in [1.807, 2.05) is 0 Å². The van der Waals surface area contributed by atoms with Crippen LogP contribution < -0.4 is 0 Å². The van der Waals surface area contributed by atoms with E-state index in [0.29, 0.717) is 5.56 Å². The molecule has 1 amide bonds. The van der Waals surface area contributed by atoms with E-state index < -0.39 is 11.6 Å². The minimum absolute atomic E-state index is 0.151. The Morgan fingerprint density at radius 2 is 2.12 bits per heavy atom. The average Bonchev–Trinajstić information content (AvgIpc) is 2.24. The molecule has 1 aromatic carbocycles. The van der Waals surface area contributed by atoms with Crippen molar-refractivity contribution in [1.82, 2.24) is 4.90 Å². The molecular weight excluding hydrogens is 214 g/mol. The molecule has 0 unspecified atom stereocenters. The van der Waals surface area contributed by atoms with E-state index in [4.69, 9.17) is 5.26 Å². The minimum atomic E-state index is -0.946. The van der Waals surface area contributed by atoms with E-state index in [-0.39, 0.29) is 18.9 Å². The molecule has 0 aliphatic carbocycles. The fourth-order valence-corrected chi connectivity index (χ4v) is 1.20. The van der Waals surface area contributed by atoms with Crippen molar-refractivity contribution in [3.8, 4) is 6.07 Å². The number of benzene rings is 1. The molecule has 0 aromatic heterocycles. The topological polar surface area (TPSA) is 44.1 Å². The highest BCUT2D eigenvalue weighted by Gasteiger charge is 2.10. The molecule has 3 nitrogen and oxygen atoms in total. The predicted octanol–water partition coefficient (Wildman–Crippen LogP) is 1.84. The second kappa shape index (κ2) is 5.21. The number of nitrogens with zero attached hydrogens (tertiary/aromatic N) is 2. The lowest BCUT2D eigenvalue weighted by Crippen LogP contribution is -2.25. The van der Waals surface area contributed by atoms with Gasteiger partial charge in [-0.25, -0.2) is 8.78 Å². The molecule has 0 N–H and O–H groups in total. The molecule has 0 fully saturated rings. The van der Waals surface area contributed by atoms with Crippen molar-refractivity contribution in [2.45, 2.75) is 13.0 Å². The number of halogens is 2.